The minimum Gasteiger partial charge on any atom is -0.399 e. The topological polar surface area (TPSA) is 55.1 Å². The van der Waals surface area contributed by atoms with Gasteiger partial charge in [-0.15, -0.1) is 11.8 Å². The van der Waals surface area contributed by atoms with Gasteiger partial charge in [-0.1, -0.05) is 0 Å². The standard InChI is InChI=1S/C14H13FN2OS/c1-19-13-4-2-9(3-5-13)14(18)17-12-7-10(15)6-11(16)8-12/h2-8H,16H2,1H3,(H,17,18). The maximum Gasteiger partial charge on any atom is 0.255 e. The van der Waals surface area contributed by atoms with Crippen LogP contribution in [0.5, 0.6) is 0 Å². The van der Waals surface area contributed by atoms with Crippen LogP contribution in [0.1, 0.15) is 10.4 Å². The second-order valence-electron chi connectivity index (χ2n) is 3.96. The van der Waals surface area contributed by atoms with Crippen LogP contribution in [0, 0.1) is 5.82 Å². The van der Waals surface area contributed by atoms with Crippen molar-refractivity contribution in [3.05, 3.63) is 53.8 Å². The monoisotopic (exact) mass is 276 g/mol. The smallest absolute Gasteiger partial charge is 0.255 e. The van der Waals surface area contributed by atoms with E-state index in [4.69, 9.17) is 5.73 Å². The average Bonchev–Trinajstić information content (AvgIpc) is 2.37. The Morgan fingerprint density at radius 2 is 1.89 bits per heavy atom. The van der Waals surface area contributed by atoms with Gasteiger partial charge in [0, 0.05) is 21.8 Å². The predicted octanol–water partition coefficient (Wildman–Crippen LogP) is 3.38. The third-order valence-corrected chi connectivity index (χ3v) is 3.27. The SMILES string of the molecule is CSc1ccc(C(=O)Nc2cc(N)cc(F)c2)cc1. The number of halogens is 1. The first-order valence-electron chi connectivity index (χ1n) is 5.60. The fourth-order valence-electron chi connectivity index (χ4n) is 1.63. The van der Waals surface area contributed by atoms with E-state index in [-0.39, 0.29) is 11.6 Å². The van der Waals surface area contributed by atoms with Gasteiger partial charge >= 0.3 is 0 Å². The number of hydrogen-bond donors (Lipinski definition) is 2. The maximum atomic E-state index is 13.1. The summed E-state index contributed by atoms with van der Waals surface area (Å²) in [6, 6.07) is 11.1. The highest BCUT2D eigenvalue weighted by Crippen LogP contribution is 2.18. The molecule has 2 rings (SSSR count). The lowest BCUT2D eigenvalue weighted by atomic mass is 10.2. The number of nitrogen functional groups attached to an aromatic ring is 1. The van der Waals surface area contributed by atoms with Gasteiger partial charge in [0.05, 0.1) is 0 Å². The van der Waals surface area contributed by atoms with Gasteiger partial charge in [0.2, 0.25) is 0 Å². The molecule has 3 N–H and O–H groups in total. The van der Waals surface area contributed by atoms with Gasteiger partial charge in [0.1, 0.15) is 5.82 Å². The van der Waals surface area contributed by atoms with Crippen LogP contribution >= 0.6 is 11.8 Å². The molecular formula is C14H13FN2OS. The van der Waals surface area contributed by atoms with Gasteiger partial charge in [-0.25, -0.2) is 4.39 Å². The van der Waals surface area contributed by atoms with Gasteiger partial charge in [-0.3, -0.25) is 4.79 Å². The van der Waals surface area contributed by atoms with Crippen molar-refractivity contribution in [2.75, 3.05) is 17.3 Å². The van der Waals surface area contributed by atoms with Crippen LogP contribution in [-0.2, 0) is 0 Å². The molecule has 0 fully saturated rings. The van der Waals surface area contributed by atoms with Gasteiger partial charge < -0.3 is 11.1 Å². The number of amides is 1. The Bertz CT molecular complexity index is 579. The summed E-state index contributed by atoms with van der Waals surface area (Å²) in [6.45, 7) is 0. The second-order valence-corrected chi connectivity index (χ2v) is 4.84. The van der Waals surface area contributed by atoms with Crippen LogP contribution in [0.2, 0.25) is 0 Å². The Morgan fingerprint density at radius 1 is 1.21 bits per heavy atom. The molecule has 1 amide bonds. The van der Waals surface area contributed by atoms with E-state index >= 15 is 0 Å². The lowest BCUT2D eigenvalue weighted by Gasteiger charge is -2.07. The number of nitrogens with two attached hydrogens (primary N) is 1. The molecule has 0 bridgehead atoms. The molecule has 0 heterocycles. The molecule has 2 aromatic rings. The molecule has 0 aliphatic carbocycles. The van der Waals surface area contributed by atoms with Crippen LogP contribution in [0.3, 0.4) is 0 Å². The van der Waals surface area contributed by atoms with Gasteiger partial charge in [-0.2, -0.15) is 0 Å². The van der Waals surface area contributed by atoms with Crippen molar-refractivity contribution >= 4 is 29.0 Å². The molecule has 19 heavy (non-hydrogen) atoms. The van der Waals surface area contributed by atoms with E-state index in [2.05, 4.69) is 5.32 Å². The highest BCUT2D eigenvalue weighted by molar-refractivity contribution is 7.98. The molecule has 0 aromatic heterocycles. The van der Waals surface area contributed by atoms with Crippen LogP contribution in [-0.4, -0.2) is 12.2 Å². The third kappa shape index (κ3) is 3.48. The van der Waals surface area contributed by atoms with Crippen molar-refractivity contribution in [1.29, 1.82) is 0 Å². The zero-order chi connectivity index (χ0) is 13.8. The number of rotatable bonds is 3. The lowest BCUT2D eigenvalue weighted by Crippen LogP contribution is -2.12. The van der Waals surface area contributed by atoms with Crippen molar-refractivity contribution in [3.8, 4) is 0 Å². The summed E-state index contributed by atoms with van der Waals surface area (Å²) in [5.74, 6) is -0.773. The second kappa shape index (κ2) is 5.75. The summed E-state index contributed by atoms with van der Waals surface area (Å²) < 4.78 is 13.1. The molecular weight excluding hydrogens is 263 g/mol. The van der Waals surface area contributed by atoms with E-state index in [9.17, 15) is 9.18 Å². The summed E-state index contributed by atoms with van der Waals surface area (Å²) in [6.07, 6.45) is 1.96. The zero-order valence-corrected chi connectivity index (χ0v) is 11.1. The molecule has 0 radical (unpaired) electrons. The summed E-state index contributed by atoms with van der Waals surface area (Å²) in [7, 11) is 0. The number of nitrogens with one attached hydrogen (secondary N) is 1. The maximum absolute atomic E-state index is 13.1. The minimum atomic E-state index is -0.479. The van der Waals surface area contributed by atoms with Crippen molar-refractivity contribution in [2.24, 2.45) is 0 Å². The molecule has 0 spiro atoms. The van der Waals surface area contributed by atoms with Crippen molar-refractivity contribution in [1.82, 2.24) is 0 Å². The van der Waals surface area contributed by atoms with Crippen molar-refractivity contribution < 1.29 is 9.18 Å². The number of benzene rings is 2. The van der Waals surface area contributed by atoms with Crippen LogP contribution in [0.4, 0.5) is 15.8 Å². The van der Waals surface area contributed by atoms with Crippen LogP contribution in [0.15, 0.2) is 47.4 Å². The molecule has 0 saturated heterocycles. The number of anilines is 2. The third-order valence-electron chi connectivity index (χ3n) is 2.53. The van der Waals surface area contributed by atoms with E-state index in [1.807, 2.05) is 18.4 Å². The number of carbonyl (C=O) groups is 1. The highest BCUT2D eigenvalue weighted by atomic mass is 32.2. The summed E-state index contributed by atoms with van der Waals surface area (Å²) in [5, 5.41) is 2.61. The molecule has 2 aromatic carbocycles. The van der Waals surface area contributed by atoms with Crippen molar-refractivity contribution in [2.45, 2.75) is 4.90 Å². The van der Waals surface area contributed by atoms with Crippen molar-refractivity contribution in [3.63, 3.8) is 0 Å². The van der Waals surface area contributed by atoms with E-state index < -0.39 is 5.82 Å². The normalized spacial score (nSPS) is 10.2. The molecule has 0 saturated carbocycles. The lowest BCUT2D eigenvalue weighted by molar-refractivity contribution is 0.102. The fourth-order valence-corrected chi connectivity index (χ4v) is 2.04. The van der Waals surface area contributed by atoms with Gasteiger partial charge in [-0.05, 0) is 48.7 Å². The summed E-state index contributed by atoms with van der Waals surface area (Å²) >= 11 is 1.60. The van der Waals surface area contributed by atoms with E-state index in [0.29, 0.717) is 11.3 Å². The number of hydrogen-bond acceptors (Lipinski definition) is 3. The fraction of sp³-hybridized carbons (Fsp3) is 0.0714. The Hall–Kier alpha value is -2.01. The van der Waals surface area contributed by atoms with Gasteiger partial charge in [0.15, 0.2) is 0 Å². The number of carbonyl (C=O) groups excluding carboxylic acids is 1. The quantitative estimate of drug-likeness (QED) is 0.667. The van der Waals surface area contributed by atoms with Crippen LogP contribution < -0.4 is 11.1 Å². The summed E-state index contributed by atoms with van der Waals surface area (Å²) in [4.78, 5) is 13.0. The Balaban J connectivity index is 2.15. The average molecular weight is 276 g/mol. The number of thioether (sulfide) groups is 1. The van der Waals surface area contributed by atoms with E-state index in [1.54, 1.807) is 23.9 Å². The van der Waals surface area contributed by atoms with E-state index in [1.165, 1.54) is 18.2 Å². The molecule has 5 heteroatoms. The Kier molecular flexibility index (Phi) is 4.06. The molecule has 0 aliphatic heterocycles. The first-order valence-corrected chi connectivity index (χ1v) is 6.82. The largest absolute Gasteiger partial charge is 0.399 e. The Morgan fingerprint density at radius 3 is 2.47 bits per heavy atom. The molecule has 3 nitrogen and oxygen atoms in total. The minimum absolute atomic E-state index is 0.271. The van der Waals surface area contributed by atoms with Crippen LogP contribution in [0.25, 0.3) is 0 Å². The molecule has 98 valence electrons. The summed E-state index contributed by atoms with van der Waals surface area (Å²) in [5.41, 5.74) is 6.65. The van der Waals surface area contributed by atoms with E-state index in [0.717, 1.165) is 4.90 Å². The predicted molar refractivity (Wildman–Crippen MR) is 77.0 cm³/mol. The first kappa shape index (κ1) is 13.4. The zero-order valence-electron chi connectivity index (χ0n) is 10.3. The first-order chi connectivity index (χ1) is 9.08. The molecule has 0 atom stereocenters. The highest BCUT2D eigenvalue weighted by Gasteiger charge is 2.07. The molecule has 0 aliphatic rings. The molecule has 0 unspecified atom stereocenters. The van der Waals surface area contributed by atoms with Gasteiger partial charge in [0.25, 0.3) is 5.91 Å². The Labute approximate surface area is 115 Å².